The lowest BCUT2D eigenvalue weighted by molar-refractivity contribution is -0.220. The van der Waals surface area contributed by atoms with Crippen LogP contribution in [-0.2, 0) is 27.2 Å². The van der Waals surface area contributed by atoms with Crippen LogP contribution in [0.3, 0.4) is 0 Å². The summed E-state index contributed by atoms with van der Waals surface area (Å²) in [7, 11) is 0.957. The molecular weight excluding hydrogens is 826 g/mol. The van der Waals surface area contributed by atoms with Crippen molar-refractivity contribution in [1.29, 1.82) is 0 Å². The Bertz CT molecular complexity index is 2270. The van der Waals surface area contributed by atoms with Crippen molar-refractivity contribution < 1.29 is 46.1 Å². The number of alkyl carbamates (subject to hydrolysis) is 1. The molecule has 3 saturated heterocycles. The summed E-state index contributed by atoms with van der Waals surface area (Å²) in [6.07, 6.45) is -2.47. The molecule has 3 aliphatic heterocycles. The Morgan fingerprint density at radius 1 is 0.905 bits per heavy atom. The van der Waals surface area contributed by atoms with Gasteiger partial charge in [0.2, 0.25) is 5.91 Å². The van der Waals surface area contributed by atoms with Gasteiger partial charge in [0.05, 0.1) is 55.8 Å². The van der Waals surface area contributed by atoms with Gasteiger partial charge in [-0.2, -0.15) is 13.2 Å². The minimum atomic E-state index is -4.92. The molecule has 17 heteroatoms. The number of piperazine rings is 1. The Morgan fingerprint density at radius 3 is 2.19 bits per heavy atom. The average Bonchev–Trinajstić information content (AvgIpc) is 3.47. The zero-order chi connectivity index (χ0) is 44.9. The van der Waals surface area contributed by atoms with Gasteiger partial charge in [-0.25, -0.2) is 18.6 Å². The SMILES string of the molecule is COC(=O)NC(C(=O)N[C@@H](Cc1ccc(C#Cc2ccc(N3CC4CCC(C3)N4C3COC3)nc2)cc1)[C@@H](O)CNCc1ccc(-c2ccc(F)cn2)cc1F)C(C)(C)C(F)(F)F. The van der Waals surface area contributed by atoms with E-state index in [9.17, 15) is 32.3 Å². The first-order valence-electron chi connectivity index (χ1n) is 20.8. The van der Waals surface area contributed by atoms with Gasteiger partial charge in [0.1, 0.15) is 23.5 Å². The molecule has 4 aromatic rings. The van der Waals surface area contributed by atoms with Crippen LogP contribution in [0, 0.1) is 28.9 Å². The summed E-state index contributed by atoms with van der Waals surface area (Å²) in [6, 6.07) is 16.1. The van der Waals surface area contributed by atoms with Crippen LogP contribution in [0.4, 0.5) is 32.6 Å². The van der Waals surface area contributed by atoms with Crippen LogP contribution in [0.15, 0.2) is 79.1 Å². The highest BCUT2D eigenvalue weighted by atomic mass is 19.4. The molecule has 2 amide bonds. The van der Waals surface area contributed by atoms with E-state index in [2.05, 4.69) is 42.0 Å². The van der Waals surface area contributed by atoms with Gasteiger partial charge < -0.3 is 35.4 Å². The maximum Gasteiger partial charge on any atom is 0.407 e. The first-order valence-corrected chi connectivity index (χ1v) is 20.8. The number of nitrogens with one attached hydrogen (secondary N) is 3. The number of carbonyl (C=O) groups excluding carboxylic acids is 2. The number of rotatable bonds is 14. The van der Waals surface area contributed by atoms with Crippen molar-refractivity contribution in [1.82, 2.24) is 30.8 Å². The van der Waals surface area contributed by atoms with E-state index in [0.29, 0.717) is 40.5 Å². The Hall–Kier alpha value is -5.67. The molecule has 3 fully saturated rings. The number of aliphatic hydroxyl groups is 1. The van der Waals surface area contributed by atoms with Crippen LogP contribution in [0.1, 0.15) is 48.9 Å². The Morgan fingerprint density at radius 2 is 1.60 bits per heavy atom. The van der Waals surface area contributed by atoms with Crippen molar-refractivity contribution in [3.8, 4) is 23.1 Å². The summed E-state index contributed by atoms with van der Waals surface area (Å²) in [5.41, 5.74) is 0.272. The molecule has 5 heterocycles. The number of hydrogen-bond donors (Lipinski definition) is 4. The summed E-state index contributed by atoms with van der Waals surface area (Å²) in [6.45, 7) is 4.76. The second kappa shape index (κ2) is 19.4. The number of carbonyl (C=O) groups is 2. The second-order valence-electron chi connectivity index (χ2n) is 16.8. The van der Waals surface area contributed by atoms with E-state index in [0.717, 1.165) is 64.8 Å². The van der Waals surface area contributed by atoms with Gasteiger partial charge in [0.15, 0.2) is 0 Å². The second-order valence-corrected chi connectivity index (χ2v) is 16.8. The minimum absolute atomic E-state index is 0.0385. The summed E-state index contributed by atoms with van der Waals surface area (Å²) < 4.78 is 81.0. The molecule has 0 aliphatic carbocycles. The number of anilines is 1. The Balaban J connectivity index is 1.02. The van der Waals surface area contributed by atoms with Gasteiger partial charge in [-0.1, -0.05) is 36.1 Å². The quantitative estimate of drug-likeness (QED) is 0.0967. The van der Waals surface area contributed by atoms with Crippen molar-refractivity contribution >= 4 is 17.8 Å². The van der Waals surface area contributed by atoms with Gasteiger partial charge in [-0.05, 0) is 81.1 Å². The number of alkyl halides is 3. The predicted molar refractivity (Wildman–Crippen MR) is 224 cm³/mol. The molecule has 2 aromatic heterocycles. The number of ether oxygens (including phenoxy) is 2. The van der Waals surface area contributed by atoms with Crippen molar-refractivity contribution in [2.24, 2.45) is 5.41 Å². The monoisotopic (exact) mass is 875 g/mol. The third-order valence-electron chi connectivity index (χ3n) is 12.1. The average molecular weight is 876 g/mol. The fourth-order valence-corrected chi connectivity index (χ4v) is 8.24. The topological polar surface area (TPSA) is 141 Å². The molecule has 7 rings (SSSR count). The molecule has 334 valence electrons. The van der Waals surface area contributed by atoms with Crippen LogP contribution < -0.4 is 20.9 Å². The number of halogens is 5. The minimum Gasteiger partial charge on any atom is -0.453 e. The molecule has 5 atom stereocenters. The van der Waals surface area contributed by atoms with E-state index in [1.165, 1.54) is 37.1 Å². The van der Waals surface area contributed by atoms with Crippen molar-refractivity contribution in [2.75, 3.05) is 44.9 Å². The maximum atomic E-state index is 15.1. The molecule has 2 aromatic carbocycles. The molecule has 0 radical (unpaired) electrons. The van der Waals surface area contributed by atoms with E-state index in [1.807, 2.05) is 17.4 Å². The normalized spacial score (nSPS) is 19.3. The third kappa shape index (κ3) is 10.8. The Kier molecular flexibility index (Phi) is 14.0. The standard InChI is InChI=1S/C46H50F5N7O5/c1-45(2,46(49,50)51)42(56-44(61)62-3)43(60)55-39(40(59)23-52-21-32-12-11-31(19-37(32)48)38-16-13-33(47)22-53-38)18-29-7-4-28(5-8-29)6-9-30-10-17-41(54-20-30)57-24-34-14-15-35(25-57)58(34)36-26-63-27-36/h4-5,7-8,10-13,16-17,19-20,22,34-36,39-40,42,52,59H,14-15,18,21,23-27H2,1-3H3,(H,55,60)(H,56,61)/t34?,35?,39-,40-,42?/m0/s1. The number of aliphatic hydroxyl groups excluding tert-OH is 1. The van der Waals surface area contributed by atoms with E-state index in [-0.39, 0.29) is 25.1 Å². The van der Waals surface area contributed by atoms with Crippen molar-refractivity contribution in [3.05, 3.63) is 113 Å². The largest absolute Gasteiger partial charge is 0.453 e. The lowest BCUT2D eigenvalue weighted by atomic mass is 9.82. The van der Waals surface area contributed by atoms with E-state index >= 15 is 4.39 Å². The van der Waals surface area contributed by atoms with Crippen molar-refractivity contribution in [2.45, 2.75) is 82.1 Å². The molecule has 4 N–H and O–H groups in total. The van der Waals surface area contributed by atoms with E-state index in [4.69, 9.17) is 9.72 Å². The zero-order valence-electron chi connectivity index (χ0n) is 35.1. The number of methoxy groups -OCH3 is 1. The number of pyridine rings is 2. The highest BCUT2D eigenvalue weighted by molar-refractivity contribution is 5.87. The molecule has 63 heavy (non-hydrogen) atoms. The highest BCUT2D eigenvalue weighted by Gasteiger charge is 2.56. The molecule has 0 spiro atoms. The van der Waals surface area contributed by atoms with Crippen molar-refractivity contribution in [3.63, 3.8) is 0 Å². The first kappa shape index (κ1) is 45.4. The fraction of sp³-hybridized carbons (Fsp3) is 0.435. The number of fused-ring (bicyclic) bond motifs is 2. The lowest BCUT2D eigenvalue weighted by Crippen LogP contribution is -2.62. The van der Waals surface area contributed by atoms with Crippen LogP contribution in [0.25, 0.3) is 11.3 Å². The van der Waals surface area contributed by atoms with E-state index < -0.39 is 53.4 Å². The molecule has 0 saturated carbocycles. The van der Waals surface area contributed by atoms with Gasteiger partial charge in [0, 0.05) is 66.7 Å². The number of hydrogen-bond acceptors (Lipinski definition) is 10. The van der Waals surface area contributed by atoms with Gasteiger partial charge in [-0.15, -0.1) is 0 Å². The van der Waals surface area contributed by atoms with Crippen LogP contribution in [-0.4, -0.2) is 114 Å². The lowest BCUT2D eigenvalue weighted by Gasteiger charge is -2.47. The third-order valence-corrected chi connectivity index (χ3v) is 12.1. The summed E-state index contributed by atoms with van der Waals surface area (Å²) >= 11 is 0. The first-order chi connectivity index (χ1) is 30.1. The molecule has 12 nitrogen and oxygen atoms in total. The smallest absolute Gasteiger partial charge is 0.407 e. The maximum absolute atomic E-state index is 15.1. The summed E-state index contributed by atoms with van der Waals surface area (Å²) in [4.78, 5) is 39.5. The van der Waals surface area contributed by atoms with E-state index in [1.54, 1.807) is 36.5 Å². The molecule has 3 unspecified atom stereocenters. The van der Waals surface area contributed by atoms with Gasteiger partial charge >= 0.3 is 12.3 Å². The molecular formula is C46H50F5N7O5. The number of aromatic nitrogens is 2. The fourth-order valence-electron chi connectivity index (χ4n) is 8.24. The zero-order valence-corrected chi connectivity index (χ0v) is 35.1. The Labute approximate surface area is 362 Å². The van der Waals surface area contributed by atoms with Crippen LogP contribution in [0.5, 0.6) is 0 Å². The summed E-state index contributed by atoms with van der Waals surface area (Å²) in [5, 5.41) is 18.9. The number of nitrogens with zero attached hydrogens (tertiary/aromatic N) is 4. The predicted octanol–water partition coefficient (Wildman–Crippen LogP) is 5.36. The molecule has 2 bridgehead atoms. The number of amides is 2. The summed E-state index contributed by atoms with van der Waals surface area (Å²) in [5.74, 6) is 4.85. The highest BCUT2D eigenvalue weighted by Crippen LogP contribution is 2.41. The van der Waals surface area contributed by atoms with Crippen LogP contribution >= 0.6 is 0 Å². The van der Waals surface area contributed by atoms with Crippen LogP contribution in [0.2, 0.25) is 0 Å². The van der Waals surface area contributed by atoms with Gasteiger partial charge in [0.25, 0.3) is 0 Å². The van der Waals surface area contributed by atoms with Gasteiger partial charge in [-0.3, -0.25) is 14.7 Å². The number of benzene rings is 2. The molecule has 3 aliphatic rings.